The van der Waals surface area contributed by atoms with Crippen LogP contribution in [-0.2, 0) is 21.4 Å². The molecule has 2 saturated heterocycles. The third-order valence-corrected chi connectivity index (χ3v) is 15.0. The fourth-order valence-corrected chi connectivity index (χ4v) is 11.6. The highest BCUT2D eigenvalue weighted by atomic mass is 32.1. The van der Waals surface area contributed by atoms with E-state index in [1.165, 1.54) is 6.07 Å². The second-order valence-corrected chi connectivity index (χ2v) is 20.0. The molecule has 5 heterocycles. The number of pyridine rings is 1. The summed E-state index contributed by atoms with van der Waals surface area (Å²) in [4.78, 5) is 76.1. The number of nitrogens with zero attached hydrogens (tertiary/aromatic N) is 4. The largest absolute Gasteiger partial charge is 0.433 e. The van der Waals surface area contributed by atoms with Gasteiger partial charge in [0.05, 0.1) is 32.0 Å². The Bertz CT molecular complexity index is 2510. The van der Waals surface area contributed by atoms with Crippen LogP contribution in [0.3, 0.4) is 0 Å². The Morgan fingerprint density at radius 3 is 2.40 bits per heavy atom. The van der Waals surface area contributed by atoms with Gasteiger partial charge in [-0.05, 0) is 118 Å². The van der Waals surface area contributed by atoms with Gasteiger partial charge in [-0.15, -0.1) is 11.3 Å². The average Bonchev–Trinajstić information content (AvgIpc) is 3.74. The number of hydrogen-bond donors (Lipinski definition) is 4. The summed E-state index contributed by atoms with van der Waals surface area (Å²) < 4.78 is 40.6. The van der Waals surface area contributed by atoms with Crippen molar-refractivity contribution in [3.05, 3.63) is 81.6 Å². The number of benzene rings is 2. The molecule has 0 radical (unpaired) electrons. The Morgan fingerprint density at radius 1 is 0.968 bits per heavy atom. The van der Waals surface area contributed by atoms with Gasteiger partial charge in [0, 0.05) is 55.5 Å². The number of carbonyl (C=O) groups excluding carboxylic acids is 5. The number of rotatable bonds is 11. The van der Waals surface area contributed by atoms with Crippen LogP contribution in [0.4, 0.5) is 24.5 Å². The molecular formula is C46H50F3N7O6S. The summed E-state index contributed by atoms with van der Waals surface area (Å²) in [5, 5.41) is 20.4. The number of nitrogens with one attached hydrogen (secondary N) is 3. The standard InChI is InChI=1S/C46H50F3N7O6S/c1-24(20-50-30-7-4-6-28-38(30)43(61)56(42(28)60)34-14-15-37(57)54-40(34)59)27-18-45(19-27)22-55(23-45)21-25-10-12-26(13-11-25)41-53-33-16-29(44(2,3)62)32(17-35(33)63-41)52-39(58)31-8-5-9-36(51-31)46(47,48)49/h4-9,16-17,24-27,34,50,62H,10-15,18-23H2,1-3H3,(H,52,58)(H,54,57,59)/t24-,25?,26?,34?/m1/s1. The van der Waals surface area contributed by atoms with Gasteiger partial charge in [0.25, 0.3) is 17.7 Å². The Hall–Kier alpha value is -5.26. The molecule has 4 aromatic rings. The second-order valence-electron chi connectivity index (χ2n) is 18.9. The maximum absolute atomic E-state index is 13.5. The summed E-state index contributed by atoms with van der Waals surface area (Å²) >= 11 is 1.55. The summed E-state index contributed by atoms with van der Waals surface area (Å²) in [5.41, 5.74) is -0.0122. The van der Waals surface area contributed by atoms with Crippen molar-refractivity contribution in [3.8, 4) is 0 Å². The molecule has 13 nitrogen and oxygen atoms in total. The first-order valence-corrected chi connectivity index (χ1v) is 22.5. The lowest BCUT2D eigenvalue weighted by molar-refractivity contribution is -0.141. The van der Waals surface area contributed by atoms with E-state index in [0.717, 1.165) is 84.9 Å². The van der Waals surface area contributed by atoms with Gasteiger partial charge in [-0.1, -0.05) is 19.1 Å². The topological polar surface area (TPSA) is 174 Å². The molecule has 1 spiro atoms. The number of halogens is 3. The van der Waals surface area contributed by atoms with Crippen LogP contribution in [0.1, 0.15) is 126 Å². The predicted molar refractivity (Wildman–Crippen MR) is 229 cm³/mol. The number of amides is 5. The lowest BCUT2D eigenvalue weighted by atomic mass is 9.54. The van der Waals surface area contributed by atoms with Crippen LogP contribution in [0.25, 0.3) is 10.2 Å². The van der Waals surface area contributed by atoms with Crippen molar-refractivity contribution in [2.45, 2.75) is 95.9 Å². The van der Waals surface area contributed by atoms with E-state index in [2.05, 4.69) is 32.8 Å². The highest BCUT2D eigenvalue weighted by Crippen LogP contribution is 2.55. The summed E-state index contributed by atoms with van der Waals surface area (Å²) in [5.74, 6) is -1.06. The van der Waals surface area contributed by atoms with Crippen molar-refractivity contribution >= 4 is 62.5 Å². The van der Waals surface area contributed by atoms with E-state index < -0.39 is 53.0 Å². The summed E-state index contributed by atoms with van der Waals surface area (Å²) in [7, 11) is 0. The van der Waals surface area contributed by atoms with Crippen LogP contribution in [0.15, 0.2) is 48.5 Å². The molecule has 2 saturated carbocycles. The Labute approximate surface area is 366 Å². The summed E-state index contributed by atoms with van der Waals surface area (Å²) in [6, 6.07) is 10.8. The van der Waals surface area contributed by atoms with Crippen molar-refractivity contribution in [1.82, 2.24) is 25.1 Å². The highest BCUT2D eigenvalue weighted by molar-refractivity contribution is 7.18. The van der Waals surface area contributed by atoms with Gasteiger partial charge in [-0.2, -0.15) is 13.2 Å². The molecule has 3 aliphatic heterocycles. The minimum Gasteiger partial charge on any atom is -0.386 e. The van der Waals surface area contributed by atoms with E-state index in [0.29, 0.717) is 58.1 Å². The van der Waals surface area contributed by atoms with Crippen molar-refractivity contribution in [2.24, 2.45) is 23.2 Å². The van der Waals surface area contributed by atoms with Crippen molar-refractivity contribution in [1.29, 1.82) is 0 Å². The minimum absolute atomic E-state index is 0.0735. The van der Waals surface area contributed by atoms with Crippen molar-refractivity contribution in [2.75, 3.05) is 36.8 Å². The van der Waals surface area contributed by atoms with Crippen LogP contribution >= 0.6 is 11.3 Å². The molecule has 9 rings (SSSR count). The molecule has 63 heavy (non-hydrogen) atoms. The smallest absolute Gasteiger partial charge is 0.386 e. The maximum Gasteiger partial charge on any atom is 0.433 e. The van der Waals surface area contributed by atoms with Gasteiger partial charge in [-0.3, -0.25) is 34.2 Å². The van der Waals surface area contributed by atoms with E-state index in [9.17, 15) is 42.3 Å². The first-order valence-electron chi connectivity index (χ1n) is 21.7. The lowest BCUT2D eigenvalue weighted by Gasteiger charge is -2.61. The number of aliphatic hydroxyl groups is 1. The zero-order valence-electron chi connectivity index (χ0n) is 35.3. The van der Waals surface area contributed by atoms with E-state index in [-0.39, 0.29) is 29.7 Å². The van der Waals surface area contributed by atoms with E-state index in [1.54, 1.807) is 55.5 Å². The molecule has 5 amide bonds. The molecule has 2 atom stereocenters. The van der Waals surface area contributed by atoms with E-state index >= 15 is 0 Å². The number of piperidine rings is 1. The molecule has 332 valence electrons. The van der Waals surface area contributed by atoms with E-state index in [4.69, 9.17) is 4.98 Å². The zero-order valence-corrected chi connectivity index (χ0v) is 36.1. The number of alkyl halides is 3. The number of likely N-dealkylation sites (tertiary alicyclic amines) is 1. The molecule has 2 aliphatic carbocycles. The number of carbonyl (C=O) groups is 5. The normalized spacial score (nSPS) is 23.3. The highest BCUT2D eigenvalue weighted by Gasteiger charge is 2.53. The first-order chi connectivity index (χ1) is 29.9. The molecule has 2 aromatic carbocycles. The lowest BCUT2D eigenvalue weighted by Crippen LogP contribution is -2.63. The quantitative estimate of drug-likeness (QED) is 0.112. The van der Waals surface area contributed by atoms with Crippen molar-refractivity contribution < 1.29 is 42.3 Å². The van der Waals surface area contributed by atoms with Crippen LogP contribution in [-0.4, -0.2) is 86.6 Å². The van der Waals surface area contributed by atoms with E-state index in [1.807, 2.05) is 0 Å². The Kier molecular flexibility index (Phi) is 11.0. The van der Waals surface area contributed by atoms with Crippen LogP contribution in [0.2, 0.25) is 0 Å². The summed E-state index contributed by atoms with van der Waals surface area (Å²) in [6.45, 7) is 9.33. The predicted octanol–water partition coefficient (Wildman–Crippen LogP) is 7.33. The molecule has 0 bridgehead atoms. The SMILES string of the molecule is C[C@H](CNc1cccc2c1C(=O)N(C1CCC(=O)NC1=O)C2=O)C1CC2(C1)CN(CC1CCC(c3nc4cc(C(C)(C)O)c(NC(=O)c5cccc(C(F)(F)F)n5)cc4s3)CC1)C2. The van der Waals surface area contributed by atoms with Gasteiger partial charge in [-0.25, -0.2) is 9.97 Å². The molecule has 1 unspecified atom stereocenters. The first kappa shape index (κ1) is 43.0. The van der Waals surface area contributed by atoms with Crippen molar-refractivity contribution in [3.63, 3.8) is 0 Å². The molecule has 5 aliphatic rings. The van der Waals surface area contributed by atoms with Crippen LogP contribution in [0, 0.1) is 23.2 Å². The third-order valence-electron chi connectivity index (χ3n) is 13.8. The monoisotopic (exact) mass is 885 g/mol. The van der Waals surface area contributed by atoms with Crippen LogP contribution in [0.5, 0.6) is 0 Å². The fourth-order valence-electron chi connectivity index (χ4n) is 10.5. The second kappa shape index (κ2) is 16.1. The number of thiazole rings is 1. The molecule has 2 aromatic heterocycles. The molecule has 4 N–H and O–H groups in total. The number of hydrogen-bond acceptors (Lipinski definition) is 11. The van der Waals surface area contributed by atoms with Crippen LogP contribution < -0.4 is 16.0 Å². The minimum atomic E-state index is -4.69. The van der Waals surface area contributed by atoms with Gasteiger partial charge in [0.2, 0.25) is 11.8 Å². The molecule has 17 heteroatoms. The average molecular weight is 886 g/mol. The maximum atomic E-state index is 13.5. The van der Waals surface area contributed by atoms with Gasteiger partial charge >= 0.3 is 6.18 Å². The fraction of sp³-hybridized carbons (Fsp3) is 0.500. The number of anilines is 2. The van der Waals surface area contributed by atoms with Gasteiger partial charge in [0.15, 0.2) is 0 Å². The van der Waals surface area contributed by atoms with Gasteiger partial charge in [0.1, 0.15) is 17.4 Å². The summed E-state index contributed by atoms with van der Waals surface area (Å²) in [6.07, 6.45) is 2.03. The van der Waals surface area contributed by atoms with Gasteiger partial charge < -0.3 is 20.6 Å². The zero-order chi connectivity index (χ0) is 44.6. The number of fused-ring (bicyclic) bond motifs is 2. The Balaban J connectivity index is 0.745. The molecule has 4 fully saturated rings. The third kappa shape index (κ3) is 8.34. The number of imide groups is 2. The molecular weight excluding hydrogens is 836 g/mol. The Morgan fingerprint density at radius 2 is 1.70 bits per heavy atom. The number of aromatic nitrogens is 2.